The van der Waals surface area contributed by atoms with Gasteiger partial charge in [0, 0.05) is 22.5 Å². The van der Waals surface area contributed by atoms with E-state index in [4.69, 9.17) is 9.72 Å². The highest BCUT2D eigenvalue weighted by Crippen LogP contribution is 2.37. The van der Waals surface area contributed by atoms with Gasteiger partial charge in [-0.3, -0.25) is 0 Å². The molecule has 0 aliphatic rings. The highest BCUT2D eigenvalue weighted by atomic mass is 79.9. The smallest absolute Gasteiger partial charge is 0.125 e. The zero-order chi connectivity index (χ0) is 13.9. The zero-order valence-electron chi connectivity index (χ0n) is 11.4. The maximum Gasteiger partial charge on any atom is 0.125 e. The van der Waals surface area contributed by atoms with Crippen molar-refractivity contribution < 1.29 is 4.74 Å². The fourth-order valence-electron chi connectivity index (χ4n) is 2.20. The van der Waals surface area contributed by atoms with Crippen LogP contribution < -0.4 is 0 Å². The number of thiazole rings is 1. The molecule has 2 nitrogen and oxygen atoms in total. The number of hydrogen-bond acceptors (Lipinski definition) is 3. The number of ether oxygens (including phenoxy) is 1. The Labute approximate surface area is 127 Å². The van der Waals surface area contributed by atoms with E-state index in [1.165, 1.54) is 0 Å². The van der Waals surface area contributed by atoms with E-state index in [1.54, 1.807) is 18.4 Å². The Morgan fingerprint density at radius 2 is 1.95 bits per heavy atom. The van der Waals surface area contributed by atoms with Crippen molar-refractivity contribution in [2.24, 2.45) is 0 Å². The van der Waals surface area contributed by atoms with Crippen LogP contribution in [0.1, 0.15) is 31.7 Å². The summed E-state index contributed by atoms with van der Waals surface area (Å²) in [6.45, 7) is 4.29. The summed E-state index contributed by atoms with van der Waals surface area (Å²) in [4.78, 5) is 4.79. The minimum Gasteiger partial charge on any atom is -0.371 e. The number of rotatable bonds is 5. The van der Waals surface area contributed by atoms with Gasteiger partial charge >= 0.3 is 0 Å². The minimum atomic E-state index is -0.246. The molecule has 4 heteroatoms. The van der Waals surface area contributed by atoms with Gasteiger partial charge in [-0.15, -0.1) is 11.3 Å². The molecule has 0 saturated heterocycles. The number of aromatic nitrogens is 1. The molecule has 0 bridgehead atoms. The first-order valence-corrected chi connectivity index (χ1v) is 8.10. The summed E-state index contributed by atoms with van der Waals surface area (Å²) < 4.78 is 6.81. The second-order valence-corrected chi connectivity index (χ2v) is 6.14. The van der Waals surface area contributed by atoms with E-state index >= 15 is 0 Å². The summed E-state index contributed by atoms with van der Waals surface area (Å²) >= 11 is 5.25. The van der Waals surface area contributed by atoms with Crippen LogP contribution >= 0.6 is 27.3 Å². The molecule has 0 atom stereocenters. The summed E-state index contributed by atoms with van der Waals surface area (Å²) in [5.41, 5.74) is 1.89. The molecule has 0 radical (unpaired) electrons. The number of nitrogens with zero attached hydrogens (tertiary/aromatic N) is 1. The average molecular weight is 340 g/mol. The Morgan fingerprint density at radius 3 is 2.53 bits per heavy atom. The maximum absolute atomic E-state index is 5.74. The lowest BCUT2D eigenvalue weighted by atomic mass is 9.98. The Morgan fingerprint density at radius 1 is 1.26 bits per heavy atom. The van der Waals surface area contributed by atoms with Crippen molar-refractivity contribution in [1.29, 1.82) is 0 Å². The lowest BCUT2D eigenvalue weighted by Gasteiger charge is -2.27. The van der Waals surface area contributed by atoms with Gasteiger partial charge < -0.3 is 4.74 Å². The van der Waals surface area contributed by atoms with Crippen LogP contribution in [-0.4, -0.2) is 12.1 Å². The molecule has 0 aliphatic carbocycles. The molecule has 1 aromatic heterocycles. The highest BCUT2D eigenvalue weighted by Gasteiger charge is 2.31. The summed E-state index contributed by atoms with van der Waals surface area (Å²) in [7, 11) is 1.77. The van der Waals surface area contributed by atoms with Crippen LogP contribution in [0.4, 0.5) is 0 Å². The van der Waals surface area contributed by atoms with Gasteiger partial charge in [0.05, 0.1) is 5.69 Å². The Bertz CT molecular complexity index is 540. The molecule has 0 saturated carbocycles. The second kappa shape index (κ2) is 6.16. The quantitative estimate of drug-likeness (QED) is 0.743. The van der Waals surface area contributed by atoms with Gasteiger partial charge in [0.15, 0.2) is 0 Å². The summed E-state index contributed by atoms with van der Waals surface area (Å²) in [6, 6.07) is 8.16. The first kappa shape index (κ1) is 14.7. The van der Waals surface area contributed by atoms with Gasteiger partial charge in [0.2, 0.25) is 0 Å². The molecule has 102 valence electrons. The Hall–Kier alpha value is -0.710. The topological polar surface area (TPSA) is 22.1 Å². The van der Waals surface area contributed by atoms with Gasteiger partial charge in [-0.1, -0.05) is 48.0 Å². The Kier molecular flexibility index (Phi) is 4.76. The van der Waals surface area contributed by atoms with Crippen molar-refractivity contribution in [2.75, 3.05) is 7.11 Å². The third-order valence-corrected chi connectivity index (χ3v) is 5.30. The van der Waals surface area contributed by atoms with Crippen LogP contribution in [0.3, 0.4) is 0 Å². The predicted octanol–water partition coefficient (Wildman–Crippen LogP) is 5.23. The van der Waals surface area contributed by atoms with E-state index in [0.29, 0.717) is 0 Å². The third kappa shape index (κ3) is 2.76. The van der Waals surface area contributed by atoms with Crippen molar-refractivity contribution >= 4 is 27.3 Å². The molecule has 0 fully saturated rings. The standard InChI is InChI=1S/C15H18BrNOS/c1-4-15(5-2,18-3)14-17-13(10-19-14)11-8-6-7-9-12(11)16/h6-10H,4-5H2,1-3H3. The van der Waals surface area contributed by atoms with Crippen molar-refractivity contribution in [3.8, 4) is 11.3 Å². The van der Waals surface area contributed by atoms with E-state index in [0.717, 1.165) is 33.6 Å². The molecule has 0 amide bonds. The summed E-state index contributed by atoms with van der Waals surface area (Å²) in [5, 5.41) is 3.17. The van der Waals surface area contributed by atoms with Gasteiger partial charge in [0.25, 0.3) is 0 Å². The second-order valence-electron chi connectivity index (χ2n) is 4.42. The lowest BCUT2D eigenvalue weighted by molar-refractivity contribution is -0.0218. The van der Waals surface area contributed by atoms with Crippen LogP contribution in [0.15, 0.2) is 34.1 Å². The number of hydrogen-bond donors (Lipinski definition) is 0. The van der Waals surface area contributed by atoms with E-state index in [-0.39, 0.29) is 5.60 Å². The molecule has 0 spiro atoms. The normalized spacial score (nSPS) is 11.8. The van der Waals surface area contributed by atoms with Crippen LogP contribution in [0.5, 0.6) is 0 Å². The molecule has 0 aliphatic heterocycles. The molecule has 1 aromatic carbocycles. The van der Waals surface area contributed by atoms with Crippen LogP contribution in [0, 0.1) is 0 Å². The third-order valence-electron chi connectivity index (χ3n) is 3.58. The van der Waals surface area contributed by atoms with Crippen molar-refractivity contribution in [3.63, 3.8) is 0 Å². The molecule has 0 unspecified atom stereocenters. The van der Waals surface area contributed by atoms with Crippen LogP contribution in [0.25, 0.3) is 11.3 Å². The van der Waals surface area contributed by atoms with Gasteiger partial charge in [-0.25, -0.2) is 4.98 Å². The van der Waals surface area contributed by atoms with E-state index < -0.39 is 0 Å². The fourth-order valence-corrected chi connectivity index (χ4v) is 3.83. The van der Waals surface area contributed by atoms with Crippen molar-refractivity contribution in [3.05, 3.63) is 39.1 Å². The molecule has 2 rings (SSSR count). The maximum atomic E-state index is 5.74. The van der Waals surface area contributed by atoms with Crippen molar-refractivity contribution in [2.45, 2.75) is 32.3 Å². The average Bonchev–Trinajstić information content (AvgIpc) is 2.92. The summed E-state index contributed by atoms with van der Waals surface area (Å²) in [6.07, 6.45) is 1.87. The molecule has 2 aromatic rings. The highest BCUT2D eigenvalue weighted by molar-refractivity contribution is 9.10. The SMILES string of the molecule is CCC(CC)(OC)c1nc(-c2ccccc2Br)cs1. The monoisotopic (exact) mass is 339 g/mol. The van der Waals surface area contributed by atoms with Gasteiger partial charge in [0.1, 0.15) is 10.6 Å². The predicted molar refractivity (Wildman–Crippen MR) is 84.5 cm³/mol. The molecule has 0 N–H and O–H groups in total. The first-order valence-electron chi connectivity index (χ1n) is 6.43. The first-order chi connectivity index (χ1) is 9.16. The number of methoxy groups -OCH3 is 1. The van der Waals surface area contributed by atoms with Crippen molar-refractivity contribution in [1.82, 2.24) is 4.98 Å². The molecular formula is C15H18BrNOS. The molecule has 19 heavy (non-hydrogen) atoms. The fraction of sp³-hybridized carbons (Fsp3) is 0.400. The van der Waals surface area contributed by atoms with Gasteiger partial charge in [-0.2, -0.15) is 0 Å². The lowest BCUT2D eigenvalue weighted by Crippen LogP contribution is -2.26. The molecular weight excluding hydrogens is 322 g/mol. The van der Waals surface area contributed by atoms with Gasteiger partial charge in [-0.05, 0) is 18.9 Å². The van der Waals surface area contributed by atoms with E-state index in [2.05, 4.69) is 41.2 Å². The zero-order valence-corrected chi connectivity index (χ0v) is 13.8. The minimum absolute atomic E-state index is 0.246. The largest absolute Gasteiger partial charge is 0.371 e. The van der Waals surface area contributed by atoms with E-state index in [1.807, 2.05) is 18.2 Å². The number of benzene rings is 1. The van der Waals surface area contributed by atoms with E-state index in [9.17, 15) is 0 Å². The van der Waals surface area contributed by atoms with Crippen LogP contribution in [0.2, 0.25) is 0 Å². The summed E-state index contributed by atoms with van der Waals surface area (Å²) in [5.74, 6) is 0. The molecule has 1 heterocycles. The number of halogens is 1. The van der Waals surface area contributed by atoms with Crippen LogP contribution in [-0.2, 0) is 10.3 Å². The Balaban J connectivity index is 2.42.